The third-order valence-corrected chi connectivity index (χ3v) is 4.83. The van der Waals surface area contributed by atoms with Crippen molar-refractivity contribution in [2.24, 2.45) is 11.7 Å². The zero-order chi connectivity index (χ0) is 17.2. The van der Waals surface area contributed by atoms with Gasteiger partial charge in [0.05, 0.1) is 11.6 Å². The van der Waals surface area contributed by atoms with Crippen LogP contribution in [0.5, 0.6) is 0 Å². The largest absolute Gasteiger partial charge is 0.416 e. The summed E-state index contributed by atoms with van der Waals surface area (Å²) in [6, 6.07) is 4.77. The Morgan fingerprint density at radius 3 is 2.58 bits per heavy atom. The average Bonchev–Trinajstić information content (AvgIpc) is 2.90. The van der Waals surface area contributed by atoms with Crippen LogP contribution in [0.1, 0.15) is 49.8 Å². The number of carbonyl (C=O) groups is 1. The molecule has 3 atom stereocenters. The smallest absolute Gasteiger partial charge is 0.339 e. The van der Waals surface area contributed by atoms with Crippen molar-refractivity contribution in [3.05, 3.63) is 35.4 Å². The molecule has 0 aromatic heterocycles. The number of nitrogens with two attached hydrogens (primary N) is 1. The Bertz CT molecular complexity index is 565. The van der Waals surface area contributed by atoms with Gasteiger partial charge in [0, 0.05) is 19.5 Å². The summed E-state index contributed by atoms with van der Waals surface area (Å²) in [5.41, 5.74) is 5.77. The van der Waals surface area contributed by atoms with E-state index in [1.54, 1.807) is 20.0 Å². The molecule has 2 rings (SSSR count). The van der Waals surface area contributed by atoms with Crippen molar-refractivity contribution < 1.29 is 18.0 Å². The second-order valence-corrected chi connectivity index (χ2v) is 6.36. The van der Waals surface area contributed by atoms with Gasteiger partial charge < -0.3 is 10.6 Å². The molecule has 1 unspecified atom stereocenters. The van der Waals surface area contributed by atoms with Gasteiger partial charge >= 0.3 is 6.18 Å². The van der Waals surface area contributed by atoms with Crippen LogP contribution in [-0.2, 0) is 11.0 Å². The van der Waals surface area contributed by atoms with Gasteiger partial charge in [-0.05, 0) is 43.4 Å². The number of benzene rings is 1. The Morgan fingerprint density at radius 2 is 2.04 bits per heavy atom. The van der Waals surface area contributed by atoms with Gasteiger partial charge in [-0.2, -0.15) is 13.2 Å². The number of halogens is 4. The fourth-order valence-corrected chi connectivity index (χ4v) is 3.10. The summed E-state index contributed by atoms with van der Waals surface area (Å²) >= 11 is 0. The first-order valence-electron chi connectivity index (χ1n) is 7.88. The van der Waals surface area contributed by atoms with Crippen LogP contribution in [0.25, 0.3) is 0 Å². The van der Waals surface area contributed by atoms with E-state index in [9.17, 15) is 18.0 Å². The lowest BCUT2D eigenvalue weighted by Gasteiger charge is -2.27. The highest BCUT2D eigenvalue weighted by molar-refractivity contribution is 5.85. The number of hydrogen-bond acceptors (Lipinski definition) is 2. The molecule has 1 aliphatic carbocycles. The van der Waals surface area contributed by atoms with Gasteiger partial charge in [-0.3, -0.25) is 4.79 Å². The van der Waals surface area contributed by atoms with Gasteiger partial charge in [-0.15, -0.1) is 12.4 Å². The van der Waals surface area contributed by atoms with E-state index < -0.39 is 17.8 Å². The molecule has 1 aromatic rings. The molecule has 0 spiro atoms. The lowest BCUT2D eigenvalue weighted by atomic mass is 9.98. The van der Waals surface area contributed by atoms with E-state index in [1.807, 2.05) is 0 Å². The quantitative estimate of drug-likeness (QED) is 0.871. The Kier molecular flexibility index (Phi) is 7.10. The van der Waals surface area contributed by atoms with E-state index in [4.69, 9.17) is 5.73 Å². The molecule has 0 bridgehead atoms. The molecule has 3 nitrogen and oxygen atoms in total. The minimum Gasteiger partial charge on any atom is -0.339 e. The van der Waals surface area contributed by atoms with Gasteiger partial charge in [0.25, 0.3) is 0 Å². The summed E-state index contributed by atoms with van der Waals surface area (Å²) < 4.78 is 38.4. The first-order chi connectivity index (χ1) is 10.7. The van der Waals surface area contributed by atoms with Crippen molar-refractivity contribution in [1.82, 2.24) is 4.90 Å². The zero-order valence-electron chi connectivity index (χ0n) is 13.8. The molecular formula is C17H24ClF3N2O. The van der Waals surface area contributed by atoms with E-state index >= 15 is 0 Å². The number of rotatable bonds is 4. The van der Waals surface area contributed by atoms with Crippen molar-refractivity contribution in [2.45, 2.75) is 50.9 Å². The fourth-order valence-electron chi connectivity index (χ4n) is 3.10. The topological polar surface area (TPSA) is 46.3 Å². The molecule has 1 aliphatic rings. The SMILES string of the molecule is CC(c1cccc(C(F)(F)F)c1)N(C)C(=O)C[C@@H]1CCC[C@H]1N.Cl. The maximum absolute atomic E-state index is 12.8. The van der Waals surface area contributed by atoms with Gasteiger partial charge in [0.15, 0.2) is 0 Å². The van der Waals surface area contributed by atoms with Crippen LogP contribution in [-0.4, -0.2) is 23.9 Å². The van der Waals surface area contributed by atoms with Crippen molar-refractivity contribution in [2.75, 3.05) is 7.05 Å². The molecule has 1 aromatic carbocycles. The molecular weight excluding hydrogens is 341 g/mol. The number of carbonyl (C=O) groups excluding carboxylic acids is 1. The number of hydrogen-bond donors (Lipinski definition) is 1. The number of alkyl halides is 3. The summed E-state index contributed by atoms with van der Waals surface area (Å²) in [7, 11) is 1.63. The maximum Gasteiger partial charge on any atom is 0.416 e. The third kappa shape index (κ3) is 4.86. The monoisotopic (exact) mass is 364 g/mol. The molecule has 0 aliphatic heterocycles. The summed E-state index contributed by atoms with van der Waals surface area (Å²) in [5, 5.41) is 0. The van der Waals surface area contributed by atoms with E-state index in [0.717, 1.165) is 31.4 Å². The van der Waals surface area contributed by atoms with E-state index in [-0.39, 0.29) is 30.3 Å². The third-order valence-electron chi connectivity index (χ3n) is 4.83. The van der Waals surface area contributed by atoms with Crippen molar-refractivity contribution in [3.8, 4) is 0 Å². The highest BCUT2D eigenvalue weighted by atomic mass is 35.5. The first-order valence-corrected chi connectivity index (χ1v) is 7.88. The predicted octanol–water partition coefficient (Wildman–Crippen LogP) is 4.16. The first kappa shape index (κ1) is 20.8. The maximum atomic E-state index is 12.8. The van der Waals surface area contributed by atoms with Crippen LogP contribution in [0.2, 0.25) is 0 Å². The van der Waals surface area contributed by atoms with Gasteiger partial charge in [-0.1, -0.05) is 18.6 Å². The summed E-state index contributed by atoms with van der Waals surface area (Å²) in [5.74, 6) is 0.107. The fraction of sp³-hybridized carbons (Fsp3) is 0.588. The van der Waals surface area contributed by atoms with Crippen LogP contribution in [0, 0.1) is 5.92 Å². The second-order valence-electron chi connectivity index (χ2n) is 6.36. The molecule has 7 heteroatoms. The van der Waals surface area contributed by atoms with E-state index in [2.05, 4.69) is 0 Å². The molecule has 1 amide bonds. The minimum atomic E-state index is -4.38. The standard InChI is InChI=1S/C17H23F3N2O.ClH/c1-11(12-5-3-7-14(9-12)17(18,19)20)22(2)16(23)10-13-6-4-8-15(13)21;/h3,5,7,9,11,13,15H,4,6,8,10,21H2,1-2H3;1H/t11?,13-,15+;/m0./s1. The Hall–Kier alpha value is -1.27. The Labute approximate surface area is 146 Å². The molecule has 2 N–H and O–H groups in total. The Morgan fingerprint density at radius 1 is 1.38 bits per heavy atom. The van der Waals surface area contributed by atoms with Crippen molar-refractivity contribution >= 4 is 18.3 Å². The van der Waals surface area contributed by atoms with Gasteiger partial charge in [0.1, 0.15) is 0 Å². The minimum absolute atomic E-state index is 0. The average molecular weight is 365 g/mol. The van der Waals surface area contributed by atoms with Crippen molar-refractivity contribution in [1.29, 1.82) is 0 Å². The summed E-state index contributed by atoms with van der Waals surface area (Å²) in [4.78, 5) is 13.9. The Balaban J connectivity index is 0.00000288. The molecule has 0 heterocycles. The number of nitrogens with zero attached hydrogens (tertiary/aromatic N) is 1. The molecule has 1 saturated carbocycles. The van der Waals surface area contributed by atoms with Crippen molar-refractivity contribution in [3.63, 3.8) is 0 Å². The highest BCUT2D eigenvalue weighted by Crippen LogP contribution is 2.32. The summed E-state index contributed by atoms with van der Waals surface area (Å²) in [6.07, 6.45) is -1.11. The molecule has 136 valence electrons. The van der Waals surface area contributed by atoms with E-state index in [1.165, 1.54) is 11.0 Å². The van der Waals surface area contributed by atoms with E-state index in [0.29, 0.717) is 12.0 Å². The van der Waals surface area contributed by atoms with Crippen LogP contribution >= 0.6 is 12.4 Å². The lowest BCUT2D eigenvalue weighted by Crippen LogP contribution is -2.34. The van der Waals surface area contributed by atoms with Crippen LogP contribution < -0.4 is 5.73 Å². The van der Waals surface area contributed by atoms with Crippen LogP contribution in [0.15, 0.2) is 24.3 Å². The second kappa shape index (κ2) is 8.21. The molecule has 1 fully saturated rings. The lowest BCUT2D eigenvalue weighted by molar-refractivity contribution is -0.137. The highest BCUT2D eigenvalue weighted by Gasteiger charge is 2.32. The zero-order valence-corrected chi connectivity index (χ0v) is 14.7. The molecule has 24 heavy (non-hydrogen) atoms. The van der Waals surface area contributed by atoms with Crippen LogP contribution in [0.3, 0.4) is 0 Å². The summed E-state index contributed by atoms with van der Waals surface area (Å²) in [6.45, 7) is 1.74. The number of amides is 1. The normalized spacial score (nSPS) is 21.9. The van der Waals surface area contributed by atoms with Gasteiger partial charge in [-0.25, -0.2) is 0 Å². The predicted molar refractivity (Wildman–Crippen MR) is 89.8 cm³/mol. The van der Waals surface area contributed by atoms with Gasteiger partial charge in [0.2, 0.25) is 5.91 Å². The molecule has 0 radical (unpaired) electrons. The molecule has 0 saturated heterocycles. The van der Waals surface area contributed by atoms with Crippen LogP contribution in [0.4, 0.5) is 13.2 Å².